The molecule has 0 bridgehead atoms. The first kappa shape index (κ1) is 10.2. The zero-order valence-electron chi connectivity index (χ0n) is 8.12. The summed E-state index contributed by atoms with van der Waals surface area (Å²) in [5, 5.41) is 18.0. The first-order chi connectivity index (χ1) is 7.59. The number of aromatic hydroxyl groups is 1. The van der Waals surface area contributed by atoms with Crippen molar-refractivity contribution >= 4 is 11.6 Å². The van der Waals surface area contributed by atoms with Crippen LogP contribution in [0.4, 0.5) is 0 Å². The van der Waals surface area contributed by atoms with Crippen molar-refractivity contribution in [3.63, 3.8) is 0 Å². The third-order valence-corrected chi connectivity index (χ3v) is 2.12. The van der Waals surface area contributed by atoms with E-state index in [1.807, 2.05) is 0 Å². The molecule has 0 atom stereocenters. The summed E-state index contributed by atoms with van der Waals surface area (Å²) in [6, 6.07) is 2.88. The number of aromatic nitrogens is 2. The molecule has 0 aliphatic rings. The molecule has 0 radical (unpaired) electrons. The number of hydrogen-bond acceptors (Lipinski definition) is 4. The van der Waals surface area contributed by atoms with Gasteiger partial charge in [-0.25, -0.2) is 4.98 Å². The number of rotatable bonds is 2. The second-order valence-electron chi connectivity index (χ2n) is 3.25. The summed E-state index contributed by atoms with van der Waals surface area (Å²) in [7, 11) is 0. The Morgan fingerprint density at radius 1 is 1.50 bits per heavy atom. The molecule has 0 aromatic carbocycles. The SMILES string of the molecule is O=C(O)Cc1cnc2c(O)cccn2c1=O. The normalized spacial score (nSPS) is 10.5. The molecule has 0 saturated carbocycles. The van der Waals surface area contributed by atoms with Crippen LogP contribution in [-0.4, -0.2) is 25.6 Å². The van der Waals surface area contributed by atoms with Crippen molar-refractivity contribution < 1.29 is 15.0 Å². The molecule has 0 fully saturated rings. The van der Waals surface area contributed by atoms with Crippen molar-refractivity contribution in [3.05, 3.63) is 40.4 Å². The van der Waals surface area contributed by atoms with Crippen LogP contribution in [0.25, 0.3) is 5.65 Å². The summed E-state index contributed by atoms with van der Waals surface area (Å²) < 4.78 is 1.12. The molecule has 2 aromatic rings. The molecular weight excluding hydrogens is 212 g/mol. The molecule has 2 heterocycles. The van der Waals surface area contributed by atoms with Gasteiger partial charge < -0.3 is 10.2 Å². The molecule has 0 aliphatic heterocycles. The molecule has 2 aromatic heterocycles. The molecule has 0 aliphatic carbocycles. The summed E-state index contributed by atoms with van der Waals surface area (Å²) in [6.45, 7) is 0. The van der Waals surface area contributed by atoms with E-state index in [-0.39, 0.29) is 23.4 Å². The third kappa shape index (κ3) is 1.60. The van der Waals surface area contributed by atoms with Crippen LogP contribution in [-0.2, 0) is 11.2 Å². The lowest BCUT2D eigenvalue weighted by Crippen LogP contribution is -2.21. The highest BCUT2D eigenvalue weighted by Gasteiger charge is 2.09. The lowest BCUT2D eigenvalue weighted by atomic mass is 10.2. The third-order valence-electron chi connectivity index (χ3n) is 2.12. The number of carboxylic acids is 1. The van der Waals surface area contributed by atoms with Gasteiger partial charge in [-0.1, -0.05) is 0 Å². The van der Waals surface area contributed by atoms with Gasteiger partial charge in [0.15, 0.2) is 11.4 Å². The van der Waals surface area contributed by atoms with E-state index in [0.29, 0.717) is 0 Å². The van der Waals surface area contributed by atoms with Crippen molar-refractivity contribution in [1.29, 1.82) is 0 Å². The predicted molar refractivity (Wildman–Crippen MR) is 54.5 cm³/mol. The van der Waals surface area contributed by atoms with Crippen LogP contribution in [0.15, 0.2) is 29.3 Å². The van der Waals surface area contributed by atoms with Gasteiger partial charge in [0.25, 0.3) is 5.56 Å². The smallest absolute Gasteiger partial charge is 0.308 e. The van der Waals surface area contributed by atoms with Gasteiger partial charge in [-0.05, 0) is 12.1 Å². The monoisotopic (exact) mass is 220 g/mol. The maximum Gasteiger partial charge on any atom is 0.308 e. The van der Waals surface area contributed by atoms with Gasteiger partial charge in [0.1, 0.15) is 0 Å². The van der Waals surface area contributed by atoms with E-state index in [4.69, 9.17) is 5.11 Å². The van der Waals surface area contributed by atoms with Crippen LogP contribution >= 0.6 is 0 Å². The van der Waals surface area contributed by atoms with Crippen LogP contribution < -0.4 is 5.56 Å². The Hall–Kier alpha value is -2.37. The van der Waals surface area contributed by atoms with Gasteiger partial charge in [-0.3, -0.25) is 14.0 Å². The van der Waals surface area contributed by atoms with Crippen LogP contribution in [0.5, 0.6) is 5.75 Å². The number of fused-ring (bicyclic) bond motifs is 1. The minimum absolute atomic E-state index is 0.0793. The fourth-order valence-electron chi connectivity index (χ4n) is 1.41. The molecular formula is C10H8N2O4. The molecule has 0 unspecified atom stereocenters. The maximum absolute atomic E-state index is 11.8. The molecule has 2 N–H and O–H groups in total. The van der Waals surface area contributed by atoms with E-state index in [0.717, 1.165) is 4.40 Å². The molecule has 0 spiro atoms. The van der Waals surface area contributed by atoms with Gasteiger partial charge in [0.05, 0.1) is 6.42 Å². The summed E-state index contributed by atoms with van der Waals surface area (Å²) >= 11 is 0. The second-order valence-corrected chi connectivity index (χ2v) is 3.25. The zero-order chi connectivity index (χ0) is 11.7. The highest BCUT2D eigenvalue weighted by Crippen LogP contribution is 2.12. The van der Waals surface area contributed by atoms with Gasteiger partial charge in [0.2, 0.25) is 0 Å². The average Bonchev–Trinajstić information content (AvgIpc) is 2.23. The molecule has 16 heavy (non-hydrogen) atoms. The molecule has 0 saturated heterocycles. The van der Waals surface area contributed by atoms with Crippen LogP contribution in [0.1, 0.15) is 5.56 Å². The van der Waals surface area contributed by atoms with Crippen LogP contribution in [0.2, 0.25) is 0 Å². The van der Waals surface area contributed by atoms with Gasteiger partial charge >= 0.3 is 5.97 Å². The van der Waals surface area contributed by atoms with E-state index in [1.165, 1.54) is 24.5 Å². The minimum Gasteiger partial charge on any atom is -0.504 e. The van der Waals surface area contributed by atoms with Crippen LogP contribution in [0, 0.1) is 0 Å². The van der Waals surface area contributed by atoms with E-state index in [2.05, 4.69) is 4.98 Å². The van der Waals surface area contributed by atoms with Gasteiger partial charge in [-0.15, -0.1) is 0 Å². The van der Waals surface area contributed by atoms with E-state index in [1.54, 1.807) is 0 Å². The number of pyridine rings is 1. The zero-order valence-corrected chi connectivity index (χ0v) is 8.12. The number of nitrogens with zero attached hydrogens (tertiary/aromatic N) is 2. The Bertz CT molecular complexity index is 618. The fourth-order valence-corrected chi connectivity index (χ4v) is 1.41. The quantitative estimate of drug-likeness (QED) is 0.744. The first-order valence-electron chi connectivity index (χ1n) is 4.49. The number of carboxylic acid groups (broad SMARTS) is 1. The highest BCUT2D eigenvalue weighted by molar-refractivity contribution is 5.70. The van der Waals surface area contributed by atoms with E-state index >= 15 is 0 Å². The highest BCUT2D eigenvalue weighted by atomic mass is 16.4. The first-order valence-corrected chi connectivity index (χ1v) is 4.49. The molecule has 2 rings (SSSR count). The average molecular weight is 220 g/mol. The lowest BCUT2D eigenvalue weighted by Gasteiger charge is -2.03. The lowest BCUT2D eigenvalue weighted by molar-refractivity contribution is -0.136. The Morgan fingerprint density at radius 3 is 2.94 bits per heavy atom. The van der Waals surface area contributed by atoms with Crippen molar-refractivity contribution in [1.82, 2.24) is 9.38 Å². The Balaban J connectivity index is 2.71. The Kier molecular flexibility index (Phi) is 2.32. The number of aliphatic carboxylic acids is 1. The van der Waals surface area contributed by atoms with Gasteiger partial charge in [-0.2, -0.15) is 0 Å². The fraction of sp³-hybridized carbons (Fsp3) is 0.100. The topological polar surface area (TPSA) is 91.9 Å². The second kappa shape index (κ2) is 3.65. The molecule has 6 heteroatoms. The summed E-state index contributed by atoms with van der Waals surface area (Å²) in [5.41, 5.74) is -0.291. The Morgan fingerprint density at radius 2 is 2.25 bits per heavy atom. The minimum atomic E-state index is -1.10. The summed E-state index contributed by atoms with van der Waals surface area (Å²) in [6.07, 6.45) is 2.21. The molecule has 0 amide bonds. The van der Waals surface area contributed by atoms with Crippen molar-refractivity contribution in [2.24, 2.45) is 0 Å². The molecule has 6 nitrogen and oxygen atoms in total. The van der Waals surface area contributed by atoms with Crippen LogP contribution in [0.3, 0.4) is 0 Å². The van der Waals surface area contributed by atoms with E-state index < -0.39 is 11.5 Å². The van der Waals surface area contributed by atoms with Crippen molar-refractivity contribution in [2.45, 2.75) is 6.42 Å². The summed E-state index contributed by atoms with van der Waals surface area (Å²) in [5.74, 6) is -1.22. The predicted octanol–water partition coefficient (Wildman–Crippen LogP) is 0.0272. The summed E-state index contributed by atoms with van der Waals surface area (Å²) in [4.78, 5) is 26.1. The Labute approximate surface area is 89.4 Å². The number of hydrogen-bond donors (Lipinski definition) is 2. The number of carbonyl (C=O) groups is 1. The van der Waals surface area contributed by atoms with Crippen molar-refractivity contribution in [3.8, 4) is 5.75 Å². The largest absolute Gasteiger partial charge is 0.504 e. The van der Waals surface area contributed by atoms with E-state index in [9.17, 15) is 14.7 Å². The van der Waals surface area contributed by atoms with Gasteiger partial charge in [0, 0.05) is 18.0 Å². The van der Waals surface area contributed by atoms with Crippen molar-refractivity contribution in [2.75, 3.05) is 0 Å². The standard InChI is InChI=1S/C10H8N2O4/c13-7-2-1-3-12-9(7)11-5-6(10(12)16)4-8(14)15/h1-3,5,13H,4H2,(H,14,15). The molecule has 82 valence electrons. The maximum atomic E-state index is 11.8.